The van der Waals surface area contributed by atoms with Crippen molar-refractivity contribution in [1.82, 2.24) is 0 Å². The van der Waals surface area contributed by atoms with E-state index in [1.54, 1.807) is 0 Å². The predicted molar refractivity (Wildman–Crippen MR) is 67.3 cm³/mol. The molecule has 1 N–H and O–H groups in total. The predicted octanol–water partition coefficient (Wildman–Crippen LogP) is 3.63. The standard InChI is InChI=1S/C13H20OS/c1-4-10(2)9-15-13-6-5-12(8-14)7-11(13)3/h5-7,10,14H,4,8-9H2,1-3H3. The molecular formula is C13H20OS. The average Bonchev–Trinajstić information content (AvgIpc) is 2.26. The molecule has 15 heavy (non-hydrogen) atoms. The van der Waals surface area contributed by atoms with E-state index in [2.05, 4.69) is 32.9 Å². The highest BCUT2D eigenvalue weighted by atomic mass is 32.2. The maximum Gasteiger partial charge on any atom is 0.0681 e. The Morgan fingerprint density at radius 3 is 2.67 bits per heavy atom. The lowest BCUT2D eigenvalue weighted by Gasteiger charge is -2.10. The number of aryl methyl sites for hydroxylation is 1. The van der Waals surface area contributed by atoms with Crippen LogP contribution in [-0.2, 0) is 6.61 Å². The zero-order valence-electron chi connectivity index (χ0n) is 9.79. The maximum absolute atomic E-state index is 9.00. The molecule has 1 unspecified atom stereocenters. The molecule has 2 heteroatoms. The molecule has 0 fully saturated rings. The van der Waals surface area contributed by atoms with Crippen LogP contribution in [0, 0.1) is 12.8 Å². The number of benzene rings is 1. The molecule has 1 rings (SSSR count). The zero-order chi connectivity index (χ0) is 11.3. The second kappa shape index (κ2) is 6.19. The Bertz CT molecular complexity index is 309. The highest BCUT2D eigenvalue weighted by Gasteiger charge is 2.03. The molecule has 1 atom stereocenters. The summed E-state index contributed by atoms with van der Waals surface area (Å²) in [5, 5.41) is 9.00. The summed E-state index contributed by atoms with van der Waals surface area (Å²) >= 11 is 1.92. The van der Waals surface area contributed by atoms with Crippen LogP contribution in [0.3, 0.4) is 0 Å². The van der Waals surface area contributed by atoms with Crippen molar-refractivity contribution in [3.05, 3.63) is 29.3 Å². The lowest BCUT2D eigenvalue weighted by molar-refractivity contribution is 0.281. The highest BCUT2D eigenvalue weighted by molar-refractivity contribution is 7.99. The molecule has 0 aliphatic rings. The van der Waals surface area contributed by atoms with Crippen LogP contribution in [0.4, 0.5) is 0 Å². The third kappa shape index (κ3) is 3.88. The first-order valence-corrected chi connectivity index (χ1v) is 6.49. The van der Waals surface area contributed by atoms with Gasteiger partial charge in [0.25, 0.3) is 0 Å². The summed E-state index contributed by atoms with van der Waals surface area (Å²) in [6, 6.07) is 6.19. The van der Waals surface area contributed by atoms with Crippen LogP contribution in [0.1, 0.15) is 31.4 Å². The Balaban J connectivity index is 2.62. The fraction of sp³-hybridized carbons (Fsp3) is 0.538. The van der Waals surface area contributed by atoms with Gasteiger partial charge in [0.1, 0.15) is 0 Å². The molecule has 0 saturated heterocycles. The quantitative estimate of drug-likeness (QED) is 0.771. The van der Waals surface area contributed by atoms with E-state index >= 15 is 0 Å². The lowest BCUT2D eigenvalue weighted by atomic mass is 10.1. The van der Waals surface area contributed by atoms with Crippen molar-refractivity contribution in [1.29, 1.82) is 0 Å². The van der Waals surface area contributed by atoms with Gasteiger partial charge in [0.2, 0.25) is 0 Å². The van der Waals surface area contributed by atoms with Crippen LogP contribution in [-0.4, -0.2) is 10.9 Å². The Morgan fingerprint density at radius 2 is 2.13 bits per heavy atom. The Hall–Kier alpha value is -0.470. The van der Waals surface area contributed by atoms with Crippen LogP contribution < -0.4 is 0 Å². The molecule has 0 spiro atoms. The molecular weight excluding hydrogens is 204 g/mol. The van der Waals surface area contributed by atoms with E-state index in [0.29, 0.717) is 0 Å². The van der Waals surface area contributed by atoms with Gasteiger partial charge in [-0.2, -0.15) is 0 Å². The van der Waals surface area contributed by atoms with Crippen molar-refractivity contribution in [2.24, 2.45) is 5.92 Å². The molecule has 0 aromatic heterocycles. The molecule has 84 valence electrons. The number of thioether (sulfide) groups is 1. The van der Waals surface area contributed by atoms with Crippen LogP contribution in [0.25, 0.3) is 0 Å². The molecule has 0 radical (unpaired) electrons. The fourth-order valence-electron chi connectivity index (χ4n) is 1.32. The Morgan fingerprint density at radius 1 is 1.40 bits per heavy atom. The third-order valence-electron chi connectivity index (χ3n) is 2.64. The summed E-state index contributed by atoms with van der Waals surface area (Å²) in [5.41, 5.74) is 2.27. The van der Waals surface area contributed by atoms with Crippen molar-refractivity contribution in [3.63, 3.8) is 0 Å². The largest absolute Gasteiger partial charge is 0.392 e. The highest BCUT2D eigenvalue weighted by Crippen LogP contribution is 2.25. The first-order valence-electron chi connectivity index (χ1n) is 5.50. The van der Waals surface area contributed by atoms with E-state index in [1.807, 2.05) is 17.8 Å². The molecule has 1 aromatic rings. The SMILES string of the molecule is CCC(C)CSc1ccc(CO)cc1C. The van der Waals surface area contributed by atoms with Gasteiger partial charge in [-0.25, -0.2) is 0 Å². The first kappa shape index (κ1) is 12.6. The summed E-state index contributed by atoms with van der Waals surface area (Å²) < 4.78 is 0. The topological polar surface area (TPSA) is 20.2 Å². The van der Waals surface area contributed by atoms with E-state index in [4.69, 9.17) is 5.11 Å². The number of aliphatic hydroxyl groups is 1. The second-order valence-corrected chi connectivity index (χ2v) is 5.14. The Labute approximate surface area is 96.9 Å². The summed E-state index contributed by atoms with van der Waals surface area (Å²) in [7, 11) is 0. The number of hydrogen-bond acceptors (Lipinski definition) is 2. The van der Waals surface area contributed by atoms with Gasteiger partial charge >= 0.3 is 0 Å². The van der Waals surface area contributed by atoms with Gasteiger partial charge in [-0.3, -0.25) is 0 Å². The van der Waals surface area contributed by atoms with Crippen LogP contribution in [0.15, 0.2) is 23.1 Å². The van der Waals surface area contributed by atoms with Gasteiger partial charge < -0.3 is 5.11 Å². The number of rotatable bonds is 5. The third-order valence-corrected chi connectivity index (χ3v) is 4.15. The molecule has 0 amide bonds. The number of aliphatic hydroxyl groups excluding tert-OH is 1. The average molecular weight is 224 g/mol. The van der Waals surface area contributed by atoms with E-state index in [1.165, 1.54) is 22.6 Å². The van der Waals surface area contributed by atoms with Gasteiger partial charge in [0.05, 0.1) is 6.61 Å². The van der Waals surface area contributed by atoms with Crippen LogP contribution in [0.2, 0.25) is 0 Å². The summed E-state index contributed by atoms with van der Waals surface area (Å²) in [5.74, 6) is 1.95. The smallest absolute Gasteiger partial charge is 0.0681 e. The first-order chi connectivity index (χ1) is 7.17. The van der Waals surface area contributed by atoms with Crippen LogP contribution in [0.5, 0.6) is 0 Å². The van der Waals surface area contributed by atoms with Gasteiger partial charge in [-0.05, 0) is 30.0 Å². The molecule has 0 aliphatic carbocycles. The van der Waals surface area contributed by atoms with Gasteiger partial charge in [0, 0.05) is 10.6 Å². The monoisotopic (exact) mass is 224 g/mol. The van der Waals surface area contributed by atoms with Gasteiger partial charge in [-0.15, -0.1) is 11.8 Å². The van der Waals surface area contributed by atoms with Crippen molar-refractivity contribution in [2.75, 3.05) is 5.75 Å². The minimum atomic E-state index is 0.136. The van der Waals surface area contributed by atoms with Crippen molar-refractivity contribution < 1.29 is 5.11 Å². The maximum atomic E-state index is 9.00. The summed E-state index contributed by atoms with van der Waals surface area (Å²) in [6.07, 6.45) is 1.24. The minimum Gasteiger partial charge on any atom is -0.392 e. The molecule has 1 aromatic carbocycles. The minimum absolute atomic E-state index is 0.136. The van der Waals surface area contributed by atoms with Crippen molar-refractivity contribution in [3.8, 4) is 0 Å². The fourth-order valence-corrected chi connectivity index (χ4v) is 2.47. The van der Waals surface area contributed by atoms with Gasteiger partial charge in [0.15, 0.2) is 0 Å². The Kier molecular flexibility index (Phi) is 5.20. The normalized spacial score (nSPS) is 12.8. The summed E-state index contributed by atoms with van der Waals surface area (Å²) in [6.45, 7) is 6.76. The van der Waals surface area contributed by atoms with Gasteiger partial charge in [-0.1, -0.05) is 32.4 Å². The van der Waals surface area contributed by atoms with E-state index < -0.39 is 0 Å². The molecule has 0 aliphatic heterocycles. The van der Waals surface area contributed by atoms with E-state index in [0.717, 1.165) is 11.5 Å². The summed E-state index contributed by atoms with van der Waals surface area (Å²) in [4.78, 5) is 1.34. The molecule has 0 saturated carbocycles. The van der Waals surface area contributed by atoms with Crippen molar-refractivity contribution >= 4 is 11.8 Å². The molecule has 1 nitrogen and oxygen atoms in total. The lowest BCUT2D eigenvalue weighted by Crippen LogP contribution is -1.96. The zero-order valence-corrected chi connectivity index (χ0v) is 10.6. The molecule has 0 bridgehead atoms. The molecule has 0 heterocycles. The van der Waals surface area contributed by atoms with Crippen molar-refractivity contribution in [2.45, 2.75) is 38.7 Å². The number of hydrogen-bond donors (Lipinski definition) is 1. The van der Waals surface area contributed by atoms with Crippen LogP contribution >= 0.6 is 11.8 Å². The van der Waals surface area contributed by atoms with E-state index in [9.17, 15) is 0 Å². The second-order valence-electron chi connectivity index (χ2n) is 4.08. The van der Waals surface area contributed by atoms with E-state index in [-0.39, 0.29) is 6.61 Å².